The molecule has 0 aromatic heterocycles. The average molecular weight is 271 g/mol. The molecule has 3 heteroatoms. The summed E-state index contributed by atoms with van der Waals surface area (Å²) in [5.41, 5.74) is 3.22. The van der Waals surface area contributed by atoms with Gasteiger partial charge in [-0.05, 0) is 62.2 Å². The number of ether oxygens (including phenoxy) is 1. The zero-order chi connectivity index (χ0) is 14.5. The molecule has 0 saturated heterocycles. The molecule has 0 saturated carbocycles. The second kappa shape index (κ2) is 6.33. The second-order valence-corrected chi connectivity index (χ2v) is 5.17. The monoisotopic (exact) mass is 271 g/mol. The predicted molar refractivity (Wildman–Crippen MR) is 82.4 cm³/mol. The van der Waals surface area contributed by atoms with E-state index in [1.165, 1.54) is 0 Å². The quantitative estimate of drug-likeness (QED) is 0.804. The third kappa shape index (κ3) is 3.92. The molecule has 0 bridgehead atoms. The van der Waals surface area contributed by atoms with Crippen molar-refractivity contribution < 1.29 is 9.84 Å². The lowest BCUT2D eigenvalue weighted by Gasteiger charge is -2.13. The zero-order valence-corrected chi connectivity index (χ0v) is 12.2. The van der Waals surface area contributed by atoms with Crippen LogP contribution in [0.4, 0.5) is 5.69 Å². The highest BCUT2D eigenvalue weighted by atomic mass is 16.5. The molecule has 2 aromatic carbocycles. The normalized spacial score (nSPS) is 10.6. The number of phenolic OH excluding ortho intramolecular Hbond substituents is 1. The SMILES string of the molecule is Cc1cc(O)ccc1NCc1cccc(OC(C)C)c1. The van der Waals surface area contributed by atoms with Crippen molar-refractivity contribution in [2.45, 2.75) is 33.4 Å². The van der Waals surface area contributed by atoms with E-state index in [4.69, 9.17) is 4.74 Å². The van der Waals surface area contributed by atoms with Crippen LogP contribution in [0, 0.1) is 6.92 Å². The molecule has 0 aliphatic carbocycles. The van der Waals surface area contributed by atoms with Crippen molar-refractivity contribution in [2.24, 2.45) is 0 Å². The van der Waals surface area contributed by atoms with Crippen LogP contribution in [0.3, 0.4) is 0 Å². The highest BCUT2D eigenvalue weighted by Gasteiger charge is 2.02. The fourth-order valence-corrected chi connectivity index (χ4v) is 2.04. The summed E-state index contributed by atoms with van der Waals surface area (Å²) in [4.78, 5) is 0. The summed E-state index contributed by atoms with van der Waals surface area (Å²) < 4.78 is 5.69. The van der Waals surface area contributed by atoms with Crippen LogP contribution in [-0.4, -0.2) is 11.2 Å². The molecule has 0 spiro atoms. The number of benzene rings is 2. The second-order valence-electron chi connectivity index (χ2n) is 5.17. The van der Waals surface area contributed by atoms with Crippen LogP contribution in [0.25, 0.3) is 0 Å². The van der Waals surface area contributed by atoms with Crippen molar-refractivity contribution in [1.82, 2.24) is 0 Å². The molecule has 0 radical (unpaired) electrons. The van der Waals surface area contributed by atoms with Gasteiger partial charge in [-0.25, -0.2) is 0 Å². The van der Waals surface area contributed by atoms with Crippen molar-refractivity contribution in [3.8, 4) is 11.5 Å². The van der Waals surface area contributed by atoms with Gasteiger partial charge in [0.1, 0.15) is 11.5 Å². The maximum absolute atomic E-state index is 9.40. The molecule has 0 atom stereocenters. The first-order chi connectivity index (χ1) is 9.54. The molecule has 0 unspecified atom stereocenters. The molecule has 0 aliphatic heterocycles. The van der Waals surface area contributed by atoms with Gasteiger partial charge < -0.3 is 15.2 Å². The number of hydrogen-bond acceptors (Lipinski definition) is 3. The Morgan fingerprint density at radius 3 is 2.65 bits per heavy atom. The van der Waals surface area contributed by atoms with Crippen LogP contribution >= 0.6 is 0 Å². The van der Waals surface area contributed by atoms with Gasteiger partial charge in [0.2, 0.25) is 0 Å². The fraction of sp³-hybridized carbons (Fsp3) is 0.294. The van der Waals surface area contributed by atoms with E-state index in [0.717, 1.165) is 29.1 Å². The van der Waals surface area contributed by atoms with E-state index in [2.05, 4.69) is 11.4 Å². The van der Waals surface area contributed by atoms with Crippen molar-refractivity contribution >= 4 is 5.69 Å². The lowest BCUT2D eigenvalue weighted by Crippen LogP contribution is -2.06. The number of aromatic hydroxyl groups is 1. The van der Waals surface area contributed by atoms with Gasteiger partial charge in [0.15, 0.2) is 0 Å². The molecule has 2 rings (SSSR count). The minimum absolute atomic E-state index is 0.178. The summed E-state index contributed by atoms with van der Waals surface area (Å²) in [5, 5.41) is 12.8. The Morgan fingerprint density at radius 1 is 1.15 bits per heavy atom. The molecule has 0 fully saturated rings. The van der Waals surface area contributed by atoms with Gasteiger partial charge in [-0.1, -0.05) is 12.1 Å². The van der Waals surface area contributed by atoms with Crippen molar-refractivity contribution in [1.29, 1.82) is 0 Å². The summed E-state index contributed by atoms with van der Waals surface area (Å²) in [6, 6.07) is 13.4. The standard InChI is InChI=1S/C17H21NO2/c1-12(2)20-16-6-4-5-14(10-16)11-18-17-8-7-15(19)9-13(17)3/h4-10,12,18-19H,11H2,1-3H3. The smallest absolute Gasteiger partial charge is 0.120 e. The first-order valence-electron chi connectivity index (χ1n) is 6.83. The maximum atomic E-state index is 9.40. The Labute approximate surface area is 120 Å². The molecule has 0 heterocycles. The third-order valence-electron chi connectivity index (χ3n) is 2.96. The van der Waals surface area contributed by atoms with Crippen LogP contribution in [0.5, 0.6) is 11.5 Å². The van der Waals surface area contributed by atoms with E-state index in [-0.39, 0.29) is 6.10 Å². The Morgan fingerprint density at radius 2 is 1.95 bits per heavy atom. The predicted octanol–water partition coefficient (Wildman–Crippen LogP) is 4.10. The van der Waals surface area contributed by atoms with Crippen molar-refractivity contribution in [2.75, 3.05) is 5.32 Å². The third-order valence-corrected chi connectivity index (χ3v) is 2.96. The van der Waals surface area contributed by atoms with Crippen LogP contribution in [0.15, 0.2) is 42.5 Å². The highest BCUT2D eigenvalue weighted by Crippen LogP contribution is 2.21. The molecular formula is C17H21NO2. The van der Waals surface area contributed by atoms with Crippen LogP contribution < -0.4 is 10.1 Å². The topological polar surface area (TPSA) is 41.5 Å². The summed E-state index contributed by atoms with van der Waals surface area (Å²) in [6.07, 6.45) is 0.178. The Balaban J connectivity index is 2.03. The minimum atomic E-state index is 0.178. The molecular weight excluding hydrogens is 250 g/mol. The number of aryl methyl sites for hydroxylation is 1. The molecule has 2 N–H and O–H groups in total. The summed E-state index contributed by atoms with van der Waals surface area (Å²) >= 11 is 0. The van der Waals surface area contributed by atoms with E-state index < -0.39 is 0 Å². The van der Waals surface area contributed by atoms with Crippen molar-refractivity contribution in [3.63, 3.8) is 0 Å². The zero-order valence-electron chi connectivity index (χ0n) is 12.2. The number of phenols is 1. The first kappa shape index (κ1) is 14.3. The van der Waals surface area contributed by atoms with Gasteiger partial charge in [0.05, 0.1) is 6.10 Å². The lowest BCUT2D eigenvalue weighted by atomic mass is 10.1. The van der Waals surface area contributed by atoms with Crippen LogP contribution in [0.2, 0.25) is 0 Å². The van der Waals surface area contributed by atoms with Gasteiger partial charge in [0, 0.05) is 12.2 Å². The van der Waals surface area contributed by atoms with Gasteiger partial charge >= 0.3 is 0 Å². The Hall–Kier alpha value is -2.16. The van der Waals surface area contributed by atoms with Gasteiger partial charge in [-0.3, -0.25) is 0 Å². The lowest BCUT2D eigenvalue weighted by molar-refractivity contribution is 0.242. The largest absolute Gasteiger partial charge is 0.508 e. The van der Waals surface area contributed by atoms with E-state index in [9.17, 15) is 5.11 Å². The molecule has 3 nitrogen and oxygen atoms in total. The molecule has 0 amide bonds. The van der Waals surface area contributed by atoms with Gasteiger partial charge in [-0.2, -0.15) is 0 Å². The summed E-state index contributed by atoms with van der Waals surface area (Å²) in [7, 11) is 0. The number of nitrogens with one attached hydrogen (secondary N) is 1. The summed E-state index contributed by atoms with van der Waals surface area (Å²) in [6.45, 7) is 6.73. The van der Waals surface area contributed by atoms with E-state index >= 15 is 0 Å². The number of rotatable bonds is 5. The first-order valence-corrected chi connectivity index (χ1v) is 6.83. The maximum Gasteiger partial charge on any atom is 0.120 e. The van der Waals surface area contributed by atoms with Crippen molar-refractivity contribution in [3.05, 3.63) is 53.6 Å². The van der Waals surface area contributed by atoms with Crippen LogP contribution in [-0.2, 0) is 6.54 Å². The average Bonchev–Trinajstić information content (AvgIpc) is 2.37. The number of hydrogen-bond donors (Lipinski definition) is 2. The van der Waals surface area contributed by atoms with E-state index in [1.54, 1.807) is 12.1 Å². The Kier molecular flexibility index (Phi) is 4.51. The molecule has 0 aliphatic rings. The van der Waals surface area contributed by atoms with Crippen LogP contribution in [0.1, 0.15) is 25.0 Å². The van der Waals surface area contributed by atoms with Gasteiger partial charge in [-0.15, -0.1) is 0 Å². The molecule has 20 heavy (non-hydrogen) atoms. The molecule has 2 aromatic rings. The summed E-state index contributed by atoms with van der Waals surface area (Å²) in [5.74, 6) is 1.18. The minimum Gasteiger partial charge on any atom is -0.508 e. The molecule has 106 valence electrons. The number of anilines is 1. The van der Waals surface area contributed by atoms with Gasteiger partial charge in [0.25, 0.3) is 0 Å². The Bertz CT molecular complexity index is 579. The fourth-order valence-electron chi connectivity index (χ4n) is 2.04. The highest BCUT2D eigenvalue weighted by molar-refractivity contribution is 5.53. The van der Waals surface area contributed by atoms with E-state index in [1.807, 2.05) is 45.0 Å². The van der Waals surface area contributed by atoms with E-state index in [0.29, 0.717) is 5.75 Å².